The molecule has 178 valence electrons. The van der Waals surface area contributed by atoms with E-state index in [0.29, 0.717) is 26.3 Å². The Kier molecular flexibility index (Phi) is 7.56. The van der Waals surface area contributed by atoms with Crippen LogP contribution in [0.4, 0.5) is 0 Å². The van der Waals surface area contributed by atoms with Crippen LogP contribution in [-0.2, 0) is 35.7 Å². The van der Waals surface area contributed by atoms with Crippen molar-refractivity contribution >= 4 is 32.7 Å². The average Bonchev–Trinajstić information content (AvgIpc) is 2.87. The molecule has 4 rings (SSSR count). The minimum absolute atomic E-state index is 0.0173. The second-order valence-corrected chi connectivity index (χ2v) is 9.68. The predicted octanol–water partition coefficient (Wildman–Crippen LogP) is 2.48. The van der Waals surface area contributed by atoms with Gasteiger partial charge in [-0.25, -0.2) is 8.42 Å². The third-order valence-electron chi connectivity index (χ3n) is 5.56. The van der Waals surface area contributed by atoms with Crippen molar-refractivity contribution in [3.8, 4) is 0 Å². The third-order valence-corrected chi connectivity index (χ3v) is 7.03. The number of carbonyl (C=O) groups is 2. The molecule has 1 aliphatic heterocycles. The summed E-state index contributed by atoms with van der Waals surface area (Å²) in [6, 6.07) is 19.9. The van der Waals surface area contributed by atoms with Gasteiger partial charge in [0.05, 0.1) is 24.5 Å². The summed E-state index contributed by atoms with van der Waals surface area (Å²) in [5.74, 6) is -1.15. The van der Waals surface area contributed by atoms with Gasteiger partial charge < -0.3 is 14.4 Å². The van der Waals surface area contributed by atoms with E-state index in [-0.39, 0.29) is 11.5 Å². The molecule has 9 heteroatoms. The molecule has 1 fully saturated rings. The van der Waals surface area contributed by atoms with Gasteiger partial charge in [-0.3, -0.25) is 9.59 Å². The summed E-state index contributed by atoms with van der Waals surface area (Å²) in [6.45, 7) is 1.40. The lowest BCUT2D eigenvalue weighted by Gasteiger charge is -2.30. The van der Waals surface area contributed by atoms with Crippen LogP contribution >= 0.6 is 0 Å². The number of hydrogen-bond donors (Lipinski definition) is 1. The van der Waals surface area contributed by atoms with E-state index in [1.807, 2.05) is 54.6 Å². The van der Waals surface area contributed by atoms with Crippen molar-refractivity contribution in [2.24, 2.45) is 0 Å². The van der Waals surface area contributed by atoms with Gasteiger partial charge in [0, 0.05) is 13.1 Å². The van der Waals surface area contributed by atoms with Crippen molar-refractivity contribution in [2.45, 2.75) is 24.0 Å². The normalized spacial score (nSPS) is 15.1. The second-order valence-electron chi connectivity index (χ2n) is 7.97. The highest BCUT2D eigenvalue weighted by atomic mass is 32.2. The number of esters is 1. The number of nitrogens with zero attached hydrogens (tertiary/aromatic N) is 1. The predicted molar refractivity (Wildman–Crippen MR) is 126 cm³/mol. The Balaban J connectivity index is 1.52. The van der Waals surface area contributed by atoms with Gasteiger partial charge in [0.25, 0.3) is 0 Å². The number of sulfonamides is 1. The molecule has 0 aromatic heterocycles. The number of fused-ring (bicyclic) bond motifs is 1. The topological polar surface area (TPSA) is 102 Å². The first-order valence-corrected chi connectivity index (χ1v) is 12.5. The molecular formula is C25H26N2O6S. The molecule has 1 N–H and O–H groups in total. The molecule has 3 aromatic carbocycles. The van der Waals surface area contributed by atoms with Crippen molar-refractivity contribution in [3.05, 3.63) is 78.4 Å². The van der Waals surface area contributed by atoms with Crippen LogP contribution < -0.4 is 4.72 Å². The average molecular weight is 483 g/mol. The zero-order valence-corrected chi connectivity index (χ0v) is 19.4. The van der Waals surface area contributed by atoms with Crippen LogP contribution in [0.2, 0.25) is 0 Å². The molecule has 1 saturated heterocycles. The number of nitrogens with one attached hydrogen (secondary N) is 1. The van der Waals surface area contributed by atoms with Crippen LogP contribution in [0.5, 0.6) is 0 Å². The maximum Gasteiger partial charge on any atom is 0.308 e. The van der Waals surface area contributed by atoms with Crippen molar-refractivity contribution in [1.29, 1.82) is 0 Å². The molecule has 3 aromatic rings. The number of carbonyl (C=O) groups excluding carboxylic acids is 2. The van der Waals surface area contributed by atoms with E-state index in [0.717, 1.165) is 16.3 Å². The minimum atomic E-state index is -4.08. The van der Waals surface area contributed by atoms with E-state index in [1.54, 1.807) is 12.1 Å². The molecule has 34 heavy (non-hydrogen) atoms. The highest BCUT2D eigenvalue weighted by molar-refractivity contribution is 7.89. The fraction of sp³-hybridized carbons (Fsp3) is 0.280. The van der Waals surface area contributed by atoms with Gasteiger partial charge in [-0.2, -0.15) is 4.72 Å². The number of rotatable bonds is 8. The van der Waals surface area contributed by atoms with Gasteiger partial charge in [0.15, 0.2) is 0 Å². The molecule has 0 unspecified atom stereocenters. The number of hydrogen-bond acceptors (Lipinski definition) is 6. The van der Waals surface area contributed by atoms with E-state index in [4.69, 9.17) is 9.47 Å². The summed E-state index contributed by atoms with van der Waals surface area (Å²) >= 11 is 0. The molecule has 0 bridgehead atoms. The largest absolute Gasteiger partial charge is 0.461 e. The Hall–Kier alpha value is -3.27. The van der Waals surface area contributed by atoms with Crippen LogP contribution in [0.1, 0.15) is 12.0 Å². The lowest BCUT2D eigenvalue weighted by Crippen LogP contribution is -2.52. The maximum atomic E-state index is 13.2. The summed E-state index contributed by atoms with van der Waals surface area (Å²) in [4.78, 5) is 27.2. The summed E-state index contributed by atoms with van der Waals surface area (Å²) < 4.78 is 39.4. The first-order chi connectivity index (χ1) is 16.4. The standard InChI is InChI=1S/C25H26N2O6S/c28-24(33-18-19-6-2-1-3-7-19)17-23(25(29)27-12-14-32-15-13-27)26-34(30,31)22-11-10-20-8-4-5-9-21(20)16-22/h1-11,16,23,26H,12-15,17-18H2/t23-/m0/s1. The number of benzene rings is 3. The van der Waals surface area contributed by atoms with Crippen molar-refractivity contribution < 1.29 is 27.5 Å². The molecule has 1 amide bonds. The molecule has 0 saturated carbocycles. The molecule has 1 aliphatic rings. The summed E-state index contributed by atoms with van der Waals surface area (Å²) in [5.41, 5.74) is 0.795. The van der Waals surface area contributed by atoms with Gasteiger partial charge in [0.2, 0.25) is 15.9 Å². The monoisotopic (exact) mass is 482 g/mol. The van der Waals surface area contributed by atoms with E-state index in [1.165, 1.54) is 11.0 Å². The fourth-order valence-electron chi connectivity index (χ4n) is 3.74. The van der Waals surface area contributed by atoms with Crippen LogP contribution in [0, 0.1) is 0 Å². The van der Waals surface area contributed by atoms with E-state index < -0.39 is 34.4 Å². The molecule has 0 radical (unpaired) electrons. The maximum absolute atomic E-state index is 13.2. The Morgan fingerprint density at radius 2 is 1.62 bits per heavy atom. The van der Waals surface area contributed by atoms with Gasteiger partial charge in [-0.1, -0.05) is 60.7 Å². The van der Waals surface area contributed by atoms with Gasteiger partial charge in [-0.05, 0) is 28.5 Å². The van der Waals surface area contributed by atoms with Gasteiger partial charge in [-0.15, -0.1) is 0 Å². The molecular weight excluding hydrogens is 456 g/mol. The summed E-state index contributed by atoms with van der Waals surface area (Å²) in [7, 11) is -4.08. The molecule has 8 nitrogen and oxygen atoms in total. The van der Waals surface area contributed by atoms with Gasteiger partial charge >= 0.3 is 5.97 Å². The zero-order chi connectivity index (χ0) is 24.0. The lowest BCUT2D eigenvalue weighted by molar-refractivity contribution is -0.149. The van der Waals surface area contributed by atoms with Crippen LogP contribution in [0.25, 0.3) is 10.8 Å². The fourth-order valence-corrected chi connectivity index (χ4v) is 4.96. The quantitative estimate of drug-likeness (QED) is 0.495. The SMILES string of the molecule is O=C(C[C@H](NS(=O)(=O)c1ccc2ccccc2c1)C(=O)N1CCOCC1)OCc1ccccc1. The number of ether oxygens (including phenoxy) is 2. The molecule has 0 aliphatic carbocycles. The van der Waals surface area contributed by atoms with Gasteiger partial charge in [0.1, 0.15) is 12.6 Å². The van der Waals surface area contributed by atoms with Crippen molar-refractivity contribution in [1.82, 2.24) is 9.62 Å². The van der Waals surface area contributed by atoms with Crippen LogP contribution in [-0.4, -0.2) is 57.5 Å². The Morgan fingerprint density at radius 1 is 0.941 bits per heavy atom. The minimum Gasteiger partial charge on any atom is -0.461 e. The van der Waals surface area contributed by atoms with Crippen molar-refractivity contribution in [2.75, 3.05) is 26.3 Å². The van der Waals surface area contributed by atoms with Crippen molar-refractivity contribution in [3.63, 3.8) is 0 Å². The highest BCUT2D eigenvalue weighted by Crippen LogP contribution is 2.20. The Morgan fingerprint density at radius 3 is 2.35 bits per heavy atom. The molecule has 1 heterocycles. The highest BCUT2D eigenvalue weighted by Gasteiger charge is 2.32. The molecule has 1 atom stereocenters. The van der Waals surface area contributed by atoms with Crippen LogP contribution in [0.3, 0.4) is 0 Å². The molecule has 0 spiro atoms. The first-order valence-electron chi connectivity index (χ1n) is 11.0. The Labute approximate surface area is 198 Å². The summed E-state index contributed by atoms with van der Waals surface area (Å²) in [5, 5.41) is 1.65. The number of amides is 1. The second kappa shape index (κ2) is 10.8. The third kappa shape index (κ3) is 5.99. The van der Waals surface area contributed by atoms with Crippen LogP contribution in [0.15, 0.2) is 77.7 Å². The first kappa shape index (κ1) is 23.9. The van der Waals surface area contributed by atoms with E-state index in [9.17, 15) is 18.0 Å². The lowest BCUT2D eigenvalue weighted by atomic mass is 10.1. The number of morpholine rings is 1. The van der Waals surface area contributed by atoms with E-state index >= 15 is 0 Å². The smallest absolute Gasteiger partial charge is 0.308 e. The Bertz CT molecular complexity index is 1260. The zero-order valence-electron chi connectivity index (χ0n) is 18.6. The van der Waals surface area contributed by atoms with E-state index in [2.05, 4.69) is 4.72 Å². The summed E-state index contributed by atoms with van der Waals surface area (Å²) in [6.07, 6.45) is -0.421.